The molecular formula is C15H30N2O. The van der Waals surface area contributed by atoms with Crippen LogP contribution in [0.2, 0.25) is 0 Å². The monoisotopic (exact) mass is 254 g/mol. The molecule has 0 unspecified atom stereocenters. The first-order valence-electron chi connectivity index (χ1n) is 7.66. The molecule has 1 saturated heterocycles. The molecule has 0 radical (unpaired) electrons. The zero-order valence-electron chi connectivity index (χ0n) is 12.1. The molecule has 0 aromatic rings. The summed E-state index contributed by atoms with van der Waals surface area (Å²) in [6.07, 6.45) is 6.58. The zero-order valence-corrected chi connectivity index (χ0v) is 12.1. The van der Waals surface area contributed by atoms with Gasteiger partial charge in [-0.3, -0.25) is 0 Å². The maximum Gasteiger partial charge on any atom is 0.0740 e. The van der Waals surface area contributed by atoms with Gasteiger partial charge in [-0.15, -0.1) is 0 Å². The minimum Gasteiger partial charge on any atom is -0.389 e. The summed E-state index contributed by atoms with van der Waals surface area (Å²) in [5, 5.41) is 11.1. The minimum atomic E-state index is -0.494. The number of rotatable bonds is 4. The Morgan fingerprint density at radius 3 is 2.11 bits per heavy atom. The standard InChI is InChI=1S/C15H30N2O/c1-13(2)11-17-9-7-15(18,8-10-17)14(12-16)5-3-4-6-14/h13,18H,3-12,16H2,1-2H3. The second-order valence-electron chi connectivity index (χ2n) is 6.92. The van der Waals surface area contributed by atoms with Gasteiger partial charge in [0, 0.05) is 31.6 Å². The lowest BCUT2D eigenvalue weighted by Gasteiger charge is -2.49. The zero-order chi connectivity index (χ0) is 13.2. The summed E-state index contributed by atoms with van der Waals surface area (Å²) in [5.41, 5.74) is 5.56. The third kappa shape index (κ3) is 2.59. The van der Waals surface area contributed by atoms with Gasteiger partial charge < -0.3 is 15.7 Å². The largest absolute Gasteiger partial charge is 0.389 e. The smallest absolute Gasteiger partial charge is 0.0740 e. The fraction of sp³-hybridized carbons (Fsp3) is 1.00. The van der Waals surface area contributed by atoms with Gasteiger partial charge in [-0.25, -0.2) is 0 Å². The van der Waals surface area contributed by atoms with Crippen LogP contribution in [0.1, 0.15) is 52.4 Å². The Morgan fingerprint density at radius 2 is 1.67 bits per heavy atom. The van der Waals surface area contributed by atoms with Crippen molar-refractivity contribution in [2.75, 3.05) is 26.2 Å². The van der Waals surface area contributed by atoms with Crippen molar-refractivity contribution in [2.24, 2.45) is 17.1 Å². The van der Waals surface area contributed by atoms with Crippen LogP contribution in [0.4, 0.5) is 0 Å². The molecule has 2 rings (SSSR count). The Morgan fingerprint density at radius 1 is 1.11 bits per heavy atom. The summed E-state index contributed by atoms with van der Waals surface area (Å²) in [6.45, 7) is 8.42. The SMILES string of the molecule is CC(C)CN1CCC(O)(C2(CN)CCCC2)CC1. The molecule has 18 heavy (non-hydrogen) atoms. The Balaban J connectivity index is 1.97. The van der Waals surface area contributed by atoms with E-state index in [1.807, 2.05) is 0 Å². The molecule has 0 aromatic heterocycles. The molecular weight excluding hydrogens is 224 g/mol. The predicted octanol–water partition coefficient (Wildman–Crippen LogP) is 1.99. The number of likely N-dealkylation sites (tertiary alicyclic amines) is 1. The molecule has 1 heterocycles. The van der Waals surface area contributed by atoms with Crippen molar-refractivity contribution in [1.29, 1.82) is 0 Å². The summed E-state index contributed by atoms with van der Waals surface area (Å²) >= 11 is 0. The Hall–Kier alpha value is -0.120. The Labute approximate surface area is 112 Å². The van der Waals surface area contributed by atoms with Crippen LogP contribution in [0.15, 0.2) is 0 Å². The van der Waals surface area contributed by atoms with Crippen LogP contribution >= 0.6 is 0 Å². The van der Waals surface area contributed by atoms with Gasteiger partial charge in [-0.2, -0.15) is 0 Å². The van der Waals surface area contributed by atoms with Crippen molar-refractivity contribution in [3.63, 3.8) is 0 Å². The van der Waals surface area contributed by atoms with Crippen LogP contribution < -0.4 is 5.73 Å². The molecule has 3 N–H and O–H groups in total. The van der Waals surface area contributed by atoms with E-state index in [9.17, 15) is 5.11 Å². The molecule has 0 bridgehead atoms. The van der Waals surface area contributed by atoms with Crippen molar-refractivity contribution in [1.82, 2.24) is 4.90 Å². The fourth-order valence-electron chi connectivity index (χ4n) is 4.06. The number of nitrogens with two attached hydrogens (primary N) is 1. The number of aliphatic hydroxyl groups is 1. The van der Waals surface area contributed by atoms with E-state index >= 15 is 0 Å². The number of hydrogen-bond acceptors (Lipinski definition) is 3. The van der Waals surface area contributed by atoms with Gasteiger partial charge >= 0.3 is 0 Å². The Kier molecular flexibility index (Phi) is 4.35. The summed E-state index contributed by atoms with van der Waals surface area (Å²) in [5.74, 6) is 0.714. The van der Waals surface area contributed by atoms with E-state index in [1.165, 1.54) is 12.8 Å². The molecule has 0 aromatic carbocycles. The van der Waals surface area contributed by atoms with Gasteiger partial charge in [-0.05, 0) is 31.6 Å². The summed E-state index contributed by atoms with van der Waals surface area (Å²) in [7, 11) is 0. The average Bonchev–Trinajstić information content (AvgIpc) is 2.82. The van der Waals surface area contributed by atoms with E-state index in [2.05, 4.69) is 18.7 Å². The van der Waals surface area contributed by atoms with Crippen LogP contribution in [-0.4, -0.2) is 41.8 Å². The average molecular weight is 254 g/mol. The van der Waals surface area contributed by atoms with Crippen LogP contribution in [0.3, 0.4) is 0 Å². The van der Waals surface area contributed by atoms with Gasteiger partial charge in [0.1, 0.15) is 0 Å². The molecule has 0 atom stereocenters. The van der Waals surface area contributed by atoms with Crippen molar-refractivity contribution in [3.8, 4) is 0 Å². The van der Waals surface area contributed by atoms with Crippen molar-refractivity contribution >= 4 is 0 Å². The molecule has 1 aliphatic carbocycles. The summed E-state index contributed by atoms with van der Waals surface area (Å²) < 4.78 is 0. The molecule has 0 spiro atoms. The minimum absolute atomic E-state index is 0.0247. The van der Waals surface area contributed by atoms with Crippen molar-refractivity contribution in [2.45, 2.75) is 58.0 Å². The van der Waals surface area contributed by atoms with Crippen LogP contribution in [-0.2, 0) is 0 Å². The topological polar surface area (TPSA) is 49.5 Å². The maximum absolute atomic E-state index is 11.1. The lowest BCUT2D eigenvalue weighted by molar-refractivity contribution is -0.116. The van der Waals surface area contributed by atoms with Gasteiger partial charge in [0.25, 0.3) is 0 Å². The fourth-order valence-corrected chi connectivity index (χ4v) is 4.06. The molecule has 1 saturated carbocycles. The molecule has 2 fully saturated rings. The van der Waals surface area contributed by atoms with Gasteiger partial charge in [0.2, 0.25) is 0 Å². The first-order valence-corrected chi connectivity index (χ1v) is 7.66. The van der Waals surface area contributed by atoms with E-state index in [0.29, 0.717) is 12.5 Å². The van der Waals surface area contributed by atoms with Gasteiger partial charge in [0.05, 0.1) is 5.60 Å². The first kappa shape index (κ1) is 14.3. The van der Waals surface area contributed by atoms with E-state index in [1.54, 1.807) is 0 Å². The van der Waals surface area contributed by atoms with Crippen molar-refractivity contribution in [3.05, 3.63) is 0 Å². The Bertz CT molecular complexity index is 264. The molecule has 1 aliphatic heterocycles. The highest BCUT2D eigenvalue weighted by Gasteiger charge is 2.51. The molecule has 2 aliphatic rings. The molecule has 0 amide bonds. The van der Waals surface area contributed by atoms with E-state index < -0.39 is 5.60 Å². The molecule has 3 heteroatoms. The first-order chi connectivity index (χ1) is 8.51. The molecule has 3 nitrogen and oxygen atoms in total. The van der Waals surface area contributed by atoms with E-state index in [4.69, 9.17) is 5.73 Å². The van der Waals surface area contributed by atoms with Gasteiger partial charge in [-0.1, -0.05) is 26.7 Å². The third-order valence-corrected chi connectivity index (χ3v) is 5.25. The normalized spacial score (nSPS) is 27.8. The number of hydrogen-bond donors (Lipinski definition) is 2. The van der Waals surface area contributed by atoms with Crippen LogP contribution in [0.25, 0.3) is 0 Å². The highest BCUT2D eigenvalue weighted by atomic mass is 16.3. The number of piperidine rings is 1. The lowest BCUT2D eigenvalue weighted by Crippen LogP contribution is -2.57. The predicted molar refractivity (Wildman–Crippen MR) is 75.4 cm³/mol. The lowest BCUT2D eigenvalue weighted by atomic mass is 9.66. The summed E-state index contributed by atoms with van der Waals surface area (Å²) in [6, 6.07) is 0. The molecule has 106 valence electrons. The summed E-state index contributed by atoms with van der Waals surface area (Å²) in [4.78, 5) is 2.50. The van der Waals surface area contributed by atoms with Crippen LogP contribution in [0, 0.1) is 11.3 Å². The highest BCUT2D eigenvalue weighted by Crippen LogP contribution is 2.50. The van der Waals surface area contributed by atoms with Crippen LogP contribution in [0.5, 0.6) is 0 Å². The highest BCUT2D eigenvalue weighted by molar-refractivity contribution is 5.04. The maximum atomic E-state index is 11.1. The second-order valence-corrected chi connectivity index (χ2v) is 6.92. The second kappa shape index (κ2) is 5.48. The quantitative estimate of drug-likeness (QED) is 0.806. The van der Waals surface area contributed by atoms with Crippen molar-refractivity contribution < 1.29 is 5.11 Å². The number of nitrogens with zero attached hydrogens (tertiary/aromatic N) is 1. The third-order valence-electron chi connectivity index (χ3n) is 5.25. The van der Waals surface area contributed by atoms with Gasteiger partial charge in [0.15, 0.2) is 0 Å². The van der Waals surface area contributed by atoms with E-state index in [0.717, 1.165) is 45.3 Å². The van der Waals surface area contributed by atoms with E-state index in [-0.39, 0.29) is 5.41 Å².